The van der Waals surface area contributed by atoms with Gasteiger partial charge in [0.1, 0.15) is 18.0 Å². The predicted octanol–water partition coefficient (Wildman–Crippen LogP) is 1.02. The Morgan fingerprint density at radius 3 is 2.89 bits per heavy atom. The molecule has 6 nitrogen and oxygen atoms in total. The van der Waals surface area contributed by atoms with Gasteiger partial charge in [0.15, 0.2) is 0 Å². The number of H-pyrrole nitrogens is 1. The summed E-state index contributed by atoms with van der Waals surface area (Å²) in [4.78, 5) is 15.8. The molecule has 94 valence electrons. The Morgan fingerprint density at radius 1 is 1.50 bits per heavy atom. The second kappa shape index (κ2) is 4.82. The van der Waals surface area contributed by atoms with Gasteiger partial charge < -0.3 is 11.1 Å². The van der Waals surface area contributed by atoms with E-state index in [9.17, 15) is 9.18 Å². The van der Waals surface area contributed by atoms with E-state index in [4.69, 9.17) is 5.73 Å². The second-order valence-electron chi connectivity index (χ2n) is 3.84. The minimum atomic E-state index is -0.549. The van der Waals surface area contributed by atoms with E-state index in [-0.39, 0.29) is 17.3 Å². The van der Waals surface area contributed by atoms with E-state index in [1.165, 1.54) is 12.4 Å². The van der Waals surface area contributed by atoms with E-state index in [1.54, 1.807) is 6.92 Å². The molecular weight excluding hydrogens is 237 g/mol. The van der Waals surface area contributed by atoms with Gasteiger partial charge in [0.25, 0.3) is 5.91 Å². The van der Waals surface area contributed by atoms with Crippen molar-refractivity contribution in [2.24, 2.45) is 0 Å². The van der Waals surface area contributed by atoms with Crippen molar-refractivity contribution in [1.29, 1.82) is 0 Å². The van der Waals surface area contributed by atoms with Crippen LogP contribution in [-0.4, -0.2) is 21.1 Å². The molecule has 1 unspecified atom stereocenters. The van der Waals surface area contributed by atoms with E-state index in [1.807, 2.05) is 0 Å². The monoisotopic (exact) mass is 249 g/mol. The highest BCUT2D eigenvalue weighted by atomic mass is 19.1. The molecule has 0 fully saturated rings. The zero-order chi connectivity index (χ0) is 13.1. The highest BCUT2D eigenvalue weighted by Gasteiger charge is 2.14. The first-order valence-electron chi connectivity index (χ1n) is 5.28. The number of rotatable bonds is 3. The van der Waals surface area contributed by atoms with Crippen molar-refractivity contribution >= 4 is 11.6 Å². The van der Waals surface area contributed by atoms with Crippen LogP contribution in [0.2, 0.25) is 0 Å². The molecule has 0 aliphatic carbocycles. The van der Waals surface area contributed by atoms with E-state index in [2.05, 4.69) is 20.5 Å². The number of hydrogen-bond acceptors (Lipinski definition) is 4. The molecule has 0 bridgehead atoms. The molecule has 1 amide bonds. The van der Waals surface area contributed by atoms with Crippen molar-refractivity contribution in [2.45, 2.75) is 13.0 Å². The summed E-state index contributed by atoms with van der Waals surface area (Å²) in [5.74, 6) is -0.453. The number of nitrogens with zero attached hydrogens (tertiary/aromatic N) is 2. The van der Waals surface area contributed by atoms with Gasteiger partial charge in [-0.3, -0.25) is 9.89 Å². The van der Waals surface area contributed by atoms with Crippen LogP contribution >= 0.6 is 0 Å². The molecule has 2 aromatic rings. The normalized spacial score (nSPS) is 12.1. The minimum absolute atomic E-state index is 0.166. The molecule has 1 atom stereocenters. The molecule has 0 aliphatic heterocycles. The number of nitrogens with one attached hydrogen (secondary N) is 2. The van der Waals surface area contributed by atoms with Crippen molar-refractivity contribution in [3.8, 4) is 0 Å². The summed E-state index contributed by atoms with van der Waals surface area (Å²) in [7, 11) is 0. The molecule has 1 aromatic carbocycles. The van der Waals surface area contributed by atoms with Gasteiger partial charge in [0.2, 0.25) is 0 Å². The lowest BCUT2D eigenvalue weighted by Gasteiger charge is -2.11. The highest BCUT2D eigenvalue weighted by Crippen LogP contribution is 2.12. The third kappa shape index (κ3) is 2.62. The minimum Gasteiger partial charge on any atom is -0.399 e. The number of halogens is 1. The SMILES string of the molecule is CC(NC(=O)c1cc(N)cc(F)c1)c1ncn[nH]1. The Labute approximate surface area is 102 Å². The highest BCUT2D eigenvalue weighted by molar-refractivity contribution is 5.95. The summed E-state index contributed by atoms with van der Waals surface area (Å²) in [6.07, 6.45) is 1.35. The van der Waals surface area contributed by atoms with Crippen molar-refractivity contribution in [3.63, 3.8) is 0 Å². The lowest BCUT2D eigenvalue weighted by Crippen LogP contribution is -2.27. The molecular formula is C11H12FN5O. The Balaban J connectivity index is 2.12. The quantitative estimate of drug-likeness (QED) is 0.707. The van der Waals surface area contributed by atoms with Crippen LogP contribution in [0.5, 0.6) is 0 Å². The number of aromatic nitrogens is 3. The fourth-order valence-corrected chi connectivity index (χ4v) is 1.52. The van der Waals surface area contributed by atoms with E-state index in [0.717, 1.165) is 12.1 Å². The number of nitrogen functional groups attached to an aromatic ring is 1. The van der Waals surface area contributed by atoms with Crippen LogP contribution in [0.3, 0.4) is 0 Å². The van der Waals surface area contributed by atoms with Crippen LogP contribution in [-0.2, 0) is 0 Å². The van der Waals surface area contributed by atoms with Crippen molar-refractivity contribution < 1.29 is 9.18 Å². The fraction of sp³-hybridized carbons (Fsp3) is 0.182. The Hall–Kier alpha value is -2.44. The summed E-state index contributed by atoms with van der Waals surface area (Å²) in [6.45, 7) is 1.74. The third-order valence-corrected chi connectivity index (χ3v) is 2.37. The third-order valence-electron chi connectivity index (χ3n) is 2.37. The summed E-state index contributed by atoms with van der Waals surface area (Å²) in [5.41, 5.74) is 5.84. The van der Waals surface area contributed by atoms with E-state index >= 15 is 0 Å². The summed E-state index contributed by atoms with van der Waals surface area (Å²) < 4.78 is 13.1. The number of nitrogens with two attached hydrogens (primary N) is 1. The molecule has 0 spiro atoms. The van der Waals surface area contributed by atoms with Crippen LogP contribution in [0.25, 0.3) is 0 Å². The van der Waals surface area contributed by atoms with Gasteiger partial charge in [-0.25, -0.2) is 9.37 Å². The Morgan fingerprint density at radius 2 is 2.28 bits per heavy atom. The Kier molecular flexibility index (Phi) is 3.22. The molecule has 2 rings (SSSR count). The summed E-state index contributed by atoms with van der Waals surface area (Å²) >= 11 is 0. The predicted molar refractivity (Wildman–Crippen MR) is 63.1 cm³/mol. The average Bonchev–Trinajstić information content (AvgIpc) is 2.80. The number of aromatic amines is 1. The molecule has 4 N–H and O–H groups in total. The average molecular weight is 249 g/mol. The zero-order valence-corrected chi connectivity index (χ0v) is 9.64. The van der Waals surface area contributed by atoms with Gasteiger partial charge in [-0.15, -0.1) is 0 Å². The van der Waals surface area contributed by atoms with E-state index < -0.39 is 11.7 Å². The van der Waals surface area contributed by atoms with Gasteiger partial charge in [0.05, 0.1) is 6.04 Å². The maximum atomic E-state index is 13.1. The number of amides is 1. The fourth-order valence-electron chi connectivity index (χ4n) is 1.52. The Bertz CT molecular complexity index is 534. The van der Waals surface area contributed by atoms with Crippen LogP contribution < -0.4 is 11.1 Å². The first-order chi connectivity index (χ1) is 8.56. The number of anilines is 1. The molecule has 1 heterocycles. The molecule has 1 aromatic heterocycles. The van der Waals surface area contributed by atoms with Crippen molar-refractivity contribution in [2.75, 3.05) is 5.73 Å². The standard InChI is InChI=1S/C11H12FN5O/c1-6(10-14-5-15-17-10)16-11(18)7-2-8(12)4-9(13)3-7/h2-6H,13H2,1H3,(H,16,18)(H,14,15,17). The lowest BCUT2D eigenvalue weighted by atomic mass is 10.1. The van der Waals surface area contributed by atoms with Crippen LogP contribution in [0.15, 0.2) is 24.5 Å². The molecule has 0 radical (unpaired) electrons. The molecule has 0 saturated carbocycles. The number of carbonyl (C=O) groups excluding carboxylic acids is 1. The number of hydrogen-bond donors (Lipinski definition) is 3. The summed E-state index contributed by atoms with van der Waals surface area (Å²) in [6, 6.07) is 3.32. The van der Waals surface area contributed by atoms with Gasteiger partial charge >= 0.3 is 0 Å². The van der Waals surface area contributed by atoms with Gasteiger partial charge in [-0.05, 0) is 25.1 Å². The number of benzene rings is 1. The van der Waals surface area contributed by atoms with Gasteiger partial charge in [-0.1, -0.05) is 0 Å². The first kappa shape index (κ1) is 12.0. The first-order valence-corrected chi connectivity index (χ1v) is 5.28. The van der Waals surface area contributed by atoms with Gasteiger partial charge in [0, 0.05) is 11.3 Å². The topological polar surface area (TPSA) is 96.7 Å². The van der Waals surface area contributed by atoms with Gasteiger partial charge in [-0.2, -0.15) is 5.10 Å². The van der Waals surface area contributed by atoms with Crippen LogP contribution in [0, 0.1) is 5.82 Å². The molecule has 0 aliphatic rings. The smallest absolute Gasteiger partial charge is 0.252 e. The second-order valence-corrected chi connectivity index (χ2v) is 3.84. The maximum Gasteiger partial charge on any atom is 0.252 e. The zero-order valence-electron chi connectivity index (χ0n) is 9.64. The largest absolute Gasteiger partial charge is 0.399 e. The summed E-state index contributed by atoms with van der Waals surface area (Å²) in [5, 5.41) is 8.98. The molecule has 0 saturated heterocycles. The molecule has 7 heteroatoms. The van der Waals surface area contributed by atoms with E-state index in [0.29, 0.717) is 5.82 Å². The lowest BCUT2D eigenvalue weighted by molar-refractivity contribution is 0.0938. The van der Waals surface area contributed by atoms with Crippen molar-refractivity contribution in [1.82, 2.24) is 20.5 Å². The van der Waals surface area contributed by atoms with Crippen LogP contribution in [0.4, 0.5) is 10.1 Å². The number of carbonyl (C=O) groups is 1. The van der Waals surface area contributed by atoms with Crippen LogP contribution in [0.1, 0.15) is 29.1 Å². The van der Waals surface area contributed by atoms with Crippen molar-refractivity contribution in [3.05, 3.63) is 41.7 Å². The molecule has 18 heavy (non-hydrogen) atoms. The maximum absolute atomic E-state index is 13.1.